The minimum atomic E-state index is -3.23. The molecule has 0 aliphatic rings. The Hall–Kier alpha value is -1.75. The lowest BCUT2D eigenvalue weighted by atomic mass is 10.3. The fourth-order valence-electron chi connectivity index (χ4n) is 2.03. The lowest BCUT2D eigenvalue weighted by molar-refractivity contribution is 0.490. The van der Waals surface area contributed by atoms with E-state index in [0.717, 1.165) is 11.5 Å². The van der Waals surface area contributed by atoms with E-state index in [4.69, 9.17) is 4.42 Å². The van der Waals surface area contributed by atoms with Gasteiger partial charge in [0.1, 0.15) is 11.5 Å². The zero-order valence-electron chi connectivity index (χ0n) is 11.7. The Morgan fingerprint density at radius 3 is 2.55 bits per heavy atom. The number of hydrogen-bond donors (Lipinski definition) is 1. The normalized spacial score (nSPS) is 11.5. The van der Waals surface area contributed by atoms with E-state index < -0.39 is 9.84 Å². The van der Waals surface area contributed by atoms with E-state index in [1.165, 1.54) is 0 Å². The van der Waals surface area contributed by atoms with Gasteiger partial charge >= 0.3 is 0 Å². The van der Waals surface area contributed by atoms with Crippen LogP contribution in [-0.2, 0) is 16.4 Å². The summed E-state index contributed by atoms with van der Waals surface area (Å²) in [5, 5.41) is 3.13. The predicted molar refractivity (Wildman–Crippen MR) is 79.6 cm³/mol. The molecule has 2 aromatic rings. The summed E-state index contributed by atoms with van der Waals surface area (Å²) in [6, 6.07) is 10.7. The van der Waals surface area contributed by atoms with Crippen molar-refractivity contribution in [3.8, 4) is 0 Å². The summed E-state index contributed by atoms with van der Waals surface area (Å²) in [7, 11) is -3.23. The van der Waals surface area contributed by atoms with Crippen LogP contribution in [0.2, 0.25) is 0 Å². The third kappa shape index (κ3) is 3.42. The standard InChI is InChI=1S/C15H19NO3S/c1-3-10-20(17,18)15-7-5-4-6-14(15)16-11-13-9-8-12(2)19-13/h4-9,16H,3,10-11H2,1-2H3. The molecule has 0 amide bonds. The molecule has 1 aromatic carbocycles. The second-order valence-corrected chi connectivity index (χ2v) is 6.76. The van der Waals surface area contributed by atoms with E-state index in [1.54, 1.807) is 18.2 Å². The van der Waals surface area contributed by atoms with Gasteiger partial charge in [0.15, 0.2) is 9.84 Å². The molecule has 0 fully saturated rings. The van der Waals surface area contributed by atoms with Crippen LogP contribution in [0, 0.1) is 6.92 Å². The maximum absolute atomic E-state index is 12.2. The van der Waals surface area contributed by atoms with Crippen LogP contribution in [0.15, 0.2) is 45.7 Å². The van der Waals surface area contributed by atoms with Crippen molar-refractivity contribution < 1.29 is 12.8 Å². The first-order valence-electron chi connectivity index (χ1n) is 6.64. The number of sulfone groups is 1. The number of benzene rings is 1. The zero-order valence-corrected chi connectivity index (χ0v) is 12.5. The molecule has 0 spiro atoms. The monoisotopic (exact) mass is 293 g/mol. The molecule has 0 aliphatic carbocycles. The maximum Gasteiger partial charge on any atom is 0.180 e. The molecule has 0 atom stereocenters. The minimum absolute atomic E-state index is 0.158. The number of hydrogen-bond acceptors (Lipinski definition) is 4. The van der Waals surface area contributed by atoms with E-state index in [2.05, 4.69) is 5.32 Å². The second kappa shape index (κ2) is 6.13. The summed E-state index contributed by atoms with van der Waals surface area (Å²) < 4.78 is 29.9. The Balaban J connectivity index is 2.20. The molecule has 20 heavy (non-hydrogen) atoms. The number of anilines is 1. The summed E-state index contributed by atoms with van der Waals surface area (Å²) in [5.41, 5.74) is 0.620. The molecule has 5 heteroatoms. The topological polar surface area (TPSA) is 59.3 Å². The Bertz CT molecular complexity index is 674. The molecule has 0 saturated heterocycles. The van der Waals surface area contributed by atoms with Crippen molar-refractivity contribution in [2.24, 2.45) is 0 Å². The first kappa shape index (κ1) is 14.7. The second-order valence-electron chi connectivity index (χ2n) is 4.68. The van der Waals surface area contributed by atoms with E-state index in [1.807, 2.05) is 32.0 Å². The van der Waals surface area contributed by atoms with Crippen LogP contribution < -0.4 is 5.32 Å². The summed E-state index contributed by atoms with van der Waals surface area (Å²) in [5.74, 6) is 1.78. The van der Waals surface area contributed by atoms with Crippen LogP contribution in [0.1, 0.15) is 24.9 Å². The molecule has 108 valence electrons. The van der Waals surface area contributed by atoms with Crippen LogP contribution >= 0.6 is 0 Å². The summed E-state index contributed by atoms with van der Waals surface area (Å²) in [6.45, 7) is 4.20. The van der Waals surface area contributed by atoms with Crippen molar-refractivity contribution in [3.63, 3.8) is 0 Å². The first-order valence-corrected chi connectivity index (χ1v) is 8.29. The largest absolute Gasteiger partial charge is 0.465 e. The predicted octanol–water partition coefficient (Wildman–Crippen LogP) is 3.38. The number of furan rings is 1. The molecule has 2 rings (SSSR count). The van der Waals surface area contributed by atoms with Crippen molar-refractivity contribution in [2.45, 2.75) is 31.7 Å². The average molecular weight is 293 g/mol. The van der Waals surface area contributed by atoms with Gasteiger partial charge in [-0.3, -0.25) is 0 Å². The van der Waals surface area contributed by atoms with E-state index >= 15 is 0 Å². The molecular weight excluding hydrogens is 274 g/mol. The van der Waals surface area contributed by atoms with Crippen molar-refractivity contribution in [1.82, 2.24) is 0 Å². The molecule has 0 bridgehead atoms. The highest BCUT2D eigenvalue weighted by molar-refractivity contribution is 7.91. The van der Waals surface area contributed by atoms with Crippen molar-refractivity contribution in [3.05, 3.63) is 47.9 Å². The molecular formula is C15H19NO3S. The van der Waals surface area contributed by atoms with Crippen molar-refractivity contribution in [2.75, 3.05) is 11.1 Å². The van der Waals surface area contributed by atoms with Gasteiger partial charge in [-0.05, 0) is 37.6 Å². The van der Waals surface area contributed by atoms with Gasteiger partial charge in [-0.25, -0.2) is 8.42 Å². The lowest BCUT2D eigenvalue weighted by Crippen LogP contribution is -2.10. The van der Waals surface area contributed by atoms with Crippen LogP contribution in [0.25, 0.3) is 0 Å². The minimum Gasteiger partial charge on any atom is -0.465 e. The Morgan fingerprint density at radius 2 is 1.90 bits per heavy atom. The number of rotatable bonds is 6. The molecule has 0 radical (unpaired) electrons. The first-order chi connectivity index (χ1) is 9.53. The number of para-hydroxylation sites is 1. The number of aryl methyl sites for hydroxylation is 1. The van der Waals surface area contributed by atoms with Gasteiger partial charge in [0.25, 0.3) is 0 Å². The van der Waals surface area contributed by atoms with Gasteiger partial charge < -0.3 is 9.73 Å². The Labute approximate surface area is 119 Å². The van der Waals surface area contributed by atoms with E-state index in [9.17, 15) is 8.42 Å². The van der Waals surface area contributed by atoms with Crippen LogP contribution in [-0.4, -0.2) is 14.2 Å². The van der Waals surface area contributed by atoms with Crippen molar-refractivity contribution >= 4 is 15.5 Å². The SMILES string of the molecule is CCCS(=O)(=O)c1ccccc1NCc1ccc(C)o1. The fourth-order valence-corrected chi connectivity index (χ4v) is 3.54. The van der Waals surface area contributed by atoms with Crippen LogP contribution in [0.4, 0.5) is 5.69 Å². The molecule has 1 heterocycles. The third-order valence-electron chi connectivity index (χ3n) is 2.94. The molecule has 4 nitrogen and oxygen atoms in total. The average Bonchev–Trinajstić information content (AvgIpc) is 2.82. The zero-order chi connectivity index (χ0) is 14.6. The quantitative estimate of drug-likeness (QED) is 0.887. The van der Waals surface area contributed by atoms with Crippen LogP contribution in [0.5, 0.6) is 0 Å². The Morgan fingerprint density at radius 1 is 1.15 bits per heavy atom. The molecule has 0 unspecified atom stereocenters. The Kier molecular flexibility index (Phi) is 4.49. The highest BCUT2D eigenvalue weighted by Crippen LogP contribution is 2.23. The lowest BCUT2D eigenvalue weighted by Gasteiger charge is -2.11. The van der Waals surface area contributed by atoms with Gasteiger partial charge in [-0.2, -0.15) is 0 Å². The van der Waals surface area contributed by atoms with Gasteiger partial charge in [0, 0.05) is 0 Å². The highest BCUT2D eigenvalue weighted by atomic mass is 32.2. The summed E-state index contributed by atoms with van der Waals surface area (Å²) in [4.78, 5) is 0.352. The van der Waals surface area contributed by atoms with Gasteiger partial charge in [-0.1, -0.05) is 19.1 Å². The van der Waals surface area contributed by atoms with Crippen molar-refractivity contribution in [1.29, 1.82) is 0 Å². The third-order valence-corrected chi connectivity index (χ3v) is 4.92. The fraction of sp³-hybridized carbons (Fsp3) is 0.333. The maximum atomic E-state index is 12.2. The molecule has 0 aliphatic heterocycles. The molecule has 1 N–H and O–H groups in total. The smallest absolute Gasteiger partial charge is 0.180 e. The molecule has 1 aromatic heterocycles. The van der Waals surface area contributed by atoms with E-state index in [0.29, 0.717) is 23.5 Å². The van der Waals surface area contributed by atoms with Crippen LogP contribution in [0.3, 0.4) is 0 Å². The summed E-state index contributed by atoms with van der Waals surface area (Å²) in [6.07, 6.45) is 0.605. The highest BCUT2D eigenvalue weighted by Gasteiger charge is 2.17. The number of nitrogens with one attached hydrogen (secondary N) is 1. The van der Waals surface area contributed by atoms with Gasteiger partial charge in [-0.15, -0.1) is 0 Å². The molecule has 0 saturated carbocycles. The van der Waals surface area contributed by atoms with Gasteiger partial charge in [0.05, 0.1) is 22.9 Å². The summed E-state index contributed by atoms with van der Waals surface area (Å²) >= 11 is 0. The van der Waals surface area contributed by atoms with E-state index in [-0.39, 0.29) is 5.75 Å². The van der Waals surface area contributed by atoms with Gasteiger partial charge in [0.2, 0.25) is 0 Å².